The van der Waals surface area contributed by atoms with E-state index in [0.717, 1.165) is 29.9 Å². The topological polar surface area (TPSA) is 72.7 Å². The number of pyridine rings is 1. The van der Waals surface area contributed by atoms with Crippen LogP contribution in [-0.4, -0.2) is 32.4 Å². The Hall–Kier alpha value is -2.73. The van der Waals surface area contributed by atoms with Crippen molar-refractivity contribution in [1.29, 1.82) is 0 Å². The number of aromatic nitrogens is 4. The minimum Gasteiger partial charge on any atom is -0.351 e. The van der Waals surface area contributed by atoms with Crippen LogP contribution in [0.15, 0.2) is 54.7 Å². The van der Waals surface area contributed by atoms with Gasteiger partial charge in [0.05, 0.1) is 11.4 Å². The van der Waals surface area contributed by atoms with E-state index in [1.54, 1.807) is 10.9 Å². The van der Waals surface area contributed by atoms with E-state index < -0.39 is 0 Å². The lowest BCUT2D eigenvalue weighted by Crippen LogP contribution is -2.26. The van der Waals surface area contributed by atoms with Crippen LogP contribution in [0.4, 0.5) is 0 Å². The third-order valence-electron chi connectivity index (χ3n) is 3.73. The predicted octanol–water partition coefficient (Wildman–Crippen LogP) is 2.76. The molecule has 3 rings (SSSR count). The summed E-state index contributed by atoms with van der Waals surface area (Å²) in [7, 11) is 0. The highest BCUT2D eigenvalue weighted by molar-refractivity contribution is 5.93. The molecule has 1 aromatic carbocycles. The molecule has 0 bridgehead atoms. The van der Waals surface area contributed by atoms with Gasteiger partial charge in [-0.2, -0.15) is 0 Å². The number of nitrogens with zero attached hydrogens (tertiary/aromatic N) is 4. The van der Waals surface area contributed by atoms with E-state index in [1.165, 1.54) is 0 Å². The molecule has 0 radical (unpaired) electrons. The second-order valence-electron chi connectivity index (χ2n) is 5.45. The standard InChI is InChI=1S/C18H19N5O.ClH/c1-14-17(21-22-23(14)16-10-3-2-4-11-16)18(24)20-13-7-9-15-8-5-6-12-19-15;/h2-6,8,10-12H,7,9,13H2,1H3,(H,20,24);1H. The van der Waals surface area contributed by atoms with Crippen molar-refractivity contribution < 1.29 is 4.79 Å². The monoisotopic (exact) mass is 357 g/mol. The van der Waals surface area contributed by atoms with Gasteiger partial charge in [-0.05, 0) is 44.0 Å². The fourth-order valence-electron chi connectivity index (χ4n) is 2.45. The molecule has 25 heavy (non-hydrogen) atoms. The summed E-state index contributed by atoms with van der Waals surface area (Å²) >= 11 is 0. The van der Waals surface area contributed by atoms with Gasteiger partial charge in [0.1, 0.15) is 0 Å². The number of benzene rings is 1. The Balaban J connectivity index is 0.00000225. The lowest BCUT2D eigenvalue weighted by Gasteiger charge is -2.05. The number of carbonyl (C=O) groups is 1. The predicted molar refractivity (Wildman–Crippen MR) is 98.2 cm³/mol. The van der Waals surface area contributed by atoms with Crippen molar-refractivity contribution in [2.75, 3.05) is 6.54 Å². The number of aryl methyl sites for hydroxylation is 1. The number of para-hydroxylation sites is 1. The first-order valence-corrected chi connectivity index (χ1v) is 7.91. The van der Waals surface area contributed by atoms with E-state index in [1.807, 2.05) is 55.5 Å². The normalized spacial score (nSPS) is 10.1. The van der Waals surface area contributed by atoms with Crippen LogP contribution in [0, 0.1) is 6.92 Å². The molecule has 1 N–H and O–H groups in total. The molecule has 7 heteroatoms. The van der Waals surface area contributed by atoms with E-state index in [9.17, 15) is 4.79 Å². The molecule has 0 atom stereocenters. The highest BCUT2D eigenvalue weighted by Crippen LogP contribution is 2.11. The lowest BCUT2D eigenvalue weighted by molar-refractivity contribution is 0.0947. The first-order chi connectivity index (χ1) is 11.8. The maximum Gasteiger partial charge on any atom is 0.273 e. The van der Waals surface area contributed by atoms with Gasteiger partial charge in [0.15, 0.2) is 5.69 Å². The molecule has 0 unspecified atom stereocenters. The average Bonchev–Trinajstić information content (AvgIpc) is 3.02. The van der Waals surface area contributed by atoms with Crippen LogP contribution in [0.1, 0.15) is 28.3 Å². The molecule has 2 heterocycles. The number of amides is 1. The van der Waals surface area contributed by atoms with Gasteiger partial charge in [-0.25, -0.2) is 4.68 Å². The minimum absolute atomic E-state index is 0. The molecular formula is C18H20ClN5O. The second kappa shape index (κ2) is 8.94. The van der Waals surface area contributed by atoms with Crippen LogP contribution in [-0.2, 0) is 6.42 Å². The van der Waals surface area contributed by atoms with Crippen LogP contribution >= 0.6 is 12.4 Å². The SMILES string of the molecule is Cc1c(C(=O)NCCCc2ccccn2)nnn1-c1ccccc1.Cl. The van der Waals surface area contributed by atoms with E-state index >= 15 is 0 Å². The van der Waals surface area contributed by atoms with Gasteiger partial charge >= 0.3 is 0 Å². The van der Waals surface area contributed by atoms with Gasteiger partial charge in [-0.1, -0.05) is 29.5 Å². The summed E-state index contributed by atoms with van der Waals surface area (Å²) in [5, 5.41) is 11.0. The van der Waals surface area contributed by atoms with Gasteiger partial charge in [-0.3, -0.25) is 9.78 Å². The van der Waals surface area contributed by atoms with Crippen LogP contribution in [0.2, 0.25) is 0 Å². The van der Waals surface area contributed by atoms with E-state index in [4.69, 9.17) is 0 Å². The first kappa shape index (κ1) is 18.6. The van der Waals surface area contributed by atoms with Gasteiger partial charge in [0.25, 0.3) is 5.91 Å². The number of halogens is 1. The molecule has 6 nitrogen and oxygen atoms in total. The van der Waals surface area contributed by atoms with E-state index in [-0.39, 0.29) is 18.3 Å². The number of nitrogens with one attached hydrogen (secondary N) is 1. The fourth-order valence-corrected chi connectivity index (χ4v) is 2.45. The summed E-state index contributed by atoms with van der Waals surface area (Å²) in [5.74, 6) is -0.198. The molecule has 3 aromatic rings. The Labute approximate surface area is 152 Å². The third-order valence-corrected chi connectivity index (χ3v) is 3.73. The Bertz CT molecular complexity index is 805. The molecule has 0 aliphatic rings. The first-order valence-electron chi connectivity index (χ1n) is 7.91. The molecule has 0 saturated heterocycles. The maximum atomic E-state index is 12.3. The number of hydrogen-bond acceptors (Lipinski definition) is 4. The third kappa shape index (κ3) is 4.64. The van der Waals surface area contributed by atoms with Crippen molar-refractivity contribution in [2.45, 2.75) is 19.8 Å². The summed E-state index contributed by atoms with van der Waals surface area (Å²) in [6, 6.07) is 15.5. The molecular weight excluding hydrogens is 338 g/mol. The quantitative estimate of drug-likeness (QED) is 0.688. The van der Waals surface area contributed by atoms with Crippen LogP contribution in [0.3, 0.4) is 0 Å². The summed E-state index contributed by atoms with van der Waals surface area (Å²) in [6.07, 6.45) is 3.44. The highest BCUT2D eigenvalue weighted by Gasteiger charge is 2.16. The summed E-state index contributed by atoms with van der Waals surface area (Å²) in [4.78, 5) is 16.5. The average molecular weight is 358 g/mol. The summed E-state index contributed by atoms with van der Waals surface area (Å²) in [6.45, 7) is 2.42. The van der Waals surface area contributed by atoms with Crippen LogP contribution in [0.25, 0.3) is 5.69 Å². The molecule has 1 amide bonds. The molecule has 2 aromatic heterocycles. The Morgan fingerprint density at radius 1 is 1.12 bits per heavy atom. The smallest absolute Gasteiger partial charge is 0.273 e. The zero-order valence-electron chi connectivity index (χ0n) is 13.9. The van der Waals surface area contributed by atoms with Crippen molar-refractivity contribution in [3.05, 3.63) is 71.8 Å². The van der Waals surface area contributed by atoms with Crippen molar-refractivity contribution >= 4 is 18.3 Å². The maximum absolute atomic E-state index is 12.3. The lowest BCUT2D eigenvalue weighted by atomic mass is 10.2. The number of rotatable bonds is 6. The Morgan fingerprint density at radius 2 is 1.88 bits per heavy atom. The van der Waals surface area contributed by atoms with Gasteiger partial charge in [-0.15, -0.1) is 17.5 Å². The molecule has 0 aliphatic carbocycles. The molecule has 0 aliphatic heterocycles. The zero-order valence-corrected chi connectivity index (χ0v) is 14.7. The molecule has 130 valence electrons. The summed E-state index contributed by atoms with van der Waals surface area (Å²) in [5.41, 5.74) is 3.00. The van der Waals surface area contributed by atoms with Crippen molar-refractivity contribution in [2.24, 2.45) is 0 Å². The molecule has 0 fully saturated rings. The van der Waals surface area contributed by atoms with Gasteiger partial charge in [0.2, 0.25) is 0 Å². The molecule has 0 spiro atoms. The Kier molecular flexibility index (Phi) is 6.65. The van der Waals surface area contributed by atoms with E-state index in [0.29, 0.717) is 12.2 Å². The fraction of sp³-hybridized carbons (Fsp3) is 0.222. The Morgan fingerprint density at radius 3 is 2.60 bits per heavy atom. The number of carbonyl (C=O) groups excluding carboxylic acids is 1. The largest absolute Gasteiger partial charge is 0.351 e. The van der Waals surface area contributed by atoms with Crippen molar-refractivity contribution in [1.82, 2.24) is 25.3 Å². The molecule has 0 saturated carbocycles. The minimum atomic E-state index is -0.198. The van der Waals surface area contributed by atoms with Crippen molar-refractivity contribution in [3.8, 4) is 5.69 Å². The highest BCUT2D eigenvalue weighted by atomic mass is 35.5. The van der Waals surface area contributed by atoms with E-state index in [2.05, 4.69) is 20.6 Å². The summed E-state index contributed by atoms with van der Waals surface area (Å²) < 4.78 is 1.67. The van der Waals surface area contributed by atoms with Crippen LogP contribution < -0.4 is 5.32 Å². The zero-order chi connectivity index (χ0) is 16.8. The van der Waals surface area contributed by atoms with Crippen molar-refractivity contribution in [3.63, 3.8) is 0 Å². The van der Waals surface area contributed by atoms with Gasteiger partial charge in [0, 0.05) is 18.4 Å². The second-order valence-corrected chi connectivity index (χ2v) is 5.45. The number of hydrogen-bond donors (Lipinski definition) is 1. The van der Waals surface area contributed by atoms with Crippen LogP contribution in [0.5, 0.6) is 0 Å². The van der Waals surface area contributed by atoms with Gasteiger partial charge < -0.3 is 5.32 Å².